The summed E-state index contributed by atoms with van der Waals surface area (Å²) in [4.78, 5) is 8.84. The third-order valence-electron chi connectivity index (χ3n) is 2.88. The fourth-order valence-electron chi connectivity index (χ4n) is 1.83. The summed E-state index contributed by atoms with van der Waals surface area (Å²) < 4.78 is 0. The van der Waals surface area contributed by atoms with Gasteiger partial charge in [-0.3, -0.25) is 0 Å². The molecule has 3 rings (SSSR count). The van der Waals surface area contributed by atoms with Crippen LogP contribution in [0.15, 0.2) is 47.3 Å². The van der Waals surface area contributed by atoms with Crippen molar-refractivity contribution in [3.8, 4) is 17.3 Å². The van der Waals surface area contributed by atoms with Gasteiger partial charge in [-0.15, -0.1) is 22.7 Å². The zero-order valence-corrected chi connectivity index (χ0v) is 13.4. The SMILES string of the molecule is Cc1csc(/C(C#N)=C/Nc2nc(-c3ccccc3)cs2)n1. The van der Waals surface area contributed by atoms with E-state index in [-0.39, 0.29) is 0 Å². The van der Waals surface area contributed by atoms with Crippen LogP contribution in [0, 0.1) is 18.3 Å². The number of hydrogen-bond acceptors (Lipinski definition) is 6. The maximum absolute atomic E-state index is 9.24. The van der Waals surface area contributed by atoms with Gasteiger partial charge in [0.05, 0.1) is 5.69 Å². The smallest absolute Gasteiger partial charge is 0.187 e. The molecule has 4 nitrogen and oxygen atoms in total. The Morgan fingerprint density at radius 3 is 2.68 bits per heavy atom. The first-order valence-electron chi connectivity index (χ1n) is 6.56. The maximum atomic E-state index is 9.24. The summed E-state index contributed by atoms with van der Waals surface area (Å²) in [5, 5.41) is 17.7. The van der Waals surface area contributed by atoms with Gasteiger partial charge in [-0.1, -0.05) is 30.3 Å². The Kier molecular flexibility index (Phi) is 4.28. The lowest BCUT2D eigenvalue weighted by Gasteiger charge is -1.97. The molecule has 0 aliphatic rings. The molecule has 0 aliphatic carbocycles. The number of benzene rings is 1. The number of nitrogens with zero attached hydrogens (tertiary/aromatic N) is 3. The van der Waals surface area contributed by atoms with Crippen LogP contribution in [0.4, 0.5) is 5.13 Å². The molecule has 0 amide bonds. The molecule has 0 radical (unpaired) electrons. The van der Waals surface area contributed by atoms with Crippen molar-refractivity contribution in [2.75, 3.05) is 5.32 Å². The Hall–Kier alpha value is -2.49. The molecule has 22 heavy (non-hydrogen) atoms. The number of aromatic nitrogens is 2. The summed E-state index contributed by atoms with van der Waals surface area (Å²) in [7, 11) is 0. The van der Waals surface area contributed by atoms with Gasteiger partial charge in [0.25, 0.3) is 0 Å². The van der Waals surface area contributed by atoms with Crippen molar-refractivity contribution in [1.29, 1.82) is 5.26 Å². The van der Waals surface area contributed by atoms with E-state index in [2.05, 4.69) is 21.4 Å². The van der Waals surface area contributed by atoms with Crippen molar-refractivity contribution >= 4 is 33.4 Å². The van der Waals surface area contributed by atoms with Crippen LogP contribution in [0.1, 0.15) is 10.7 Å². The zero-order valence-electron chi connectivity index (χ0n) is 11.8. The van der Waals surface area contributed by atoms with E-state index in [0.717, 1.165) is 22.1 Å². The van der Waals surface area contributed by atoms with E-state index < -0.39 is 0 Å². The summed E-state index contributed by atoms with van der Waals surface area (Å²) in [5.74, 6) is 0. The average molecular weight is 324 g/mol. The van der Waals surface area contributed by atoms with Gasteiger partial charge in [0, 0.05) is 28.2 Å². The highest BCUT2D eigenvalue weighted by Gasteiger charge is 2.07. The first kappa shape index (κ1) is 14.4. The van der Waals surface area contributed by atoms with Crippen molar-refractivity contribution in [3.63, 3.8) is 0 Å². The Labute approximate surface area is 136 Å². The number of allylic oxidation sites excluding steroid dienone is 1. The number of nitriles is 1. The van der Waals surface area contributed by atoms with E-state index in [0.29, 0.717) is 10.6 Å². The number of anilines is 1. The molecule has 6 heteroatoms. The third kappa shape index (κ3) is 3.22. The maximum Gasteiger partial charge on any atom is 0.187 e. The molecule has 0 saturated carbocycles. The van der Waals surface area contributed by atoms with Crippen LogP contribution in [0.25, 0.3) is 16.8 Å². The summed E-state index contributed by atoms with van der Waals surface area (Å²) in [6.45, 7) is 1.91. The average Bonchev–Trinajstić information content (AvgIpc) is 3.18. The van der Waals surface area contributed by atoms with E-state index in [9.17, 15) is 5.26 Å². The molecule has 2 aromatic heterocycles. The quantitative estimate of drug-likeness (QED) is 0.715. The molecule has 0 atom stereocenters. The normalized spacial score (nSPS) is 11.2. The van der Waals surface area contributed by atoms with Gasteiger partial charge in [0.15, 0.2) is 5.13 Å². The summed E-state index contributed by atoms with van der Waals surface area (Å²) in [6, 6.07) is 12.2. The second-order valence-electron chi connectivity index (χ2n) is 4.51. The minimum atomic E-state index is 0.509. The van der Waals surface area contributed by atoms with E-state index in [1.54, 1.807) is 6.20 Å². The predicted octanol–water partition coefficient (Wildman–Crippen LogP) is 4.55. The molecule has 3 aromatic rings. The van der Waals surface area contributed by atoms with Gasteiger partial charge in [-0.2, -0.15) is 5.26 Å². The fourth-order valence-corrected chi connectivity index (χ4v) is 3.29. The number of nitrogens with one attached hydrogen (secondary N) is 1. The Morgan fingerprint density at radius 1 is 1.18 bits per heavy atom. The first-order valence-corrected chi connectivity index (χ1v) is 8.32. The van der Waals surface area contributed by atoms with Gasteiger partial charge >= 0.3 is 0 Å². The summed E-state index contributed by atoms with van der Waals surface area (Å²) in [5.41, 5.74) is 3.42. The van der Waals surface area contributed by atoms with Crippen LogP contribution in [0.2, 0.25) is 0 Å². The van der Waals surface area contributed by atoms with Crippen molar-refractivity contribution in [3.05, 3.63) is 58.0 Å². The topological polar surface area (TPSA) is 61.6 Å². The molecule has 1 N–H and O–H groups in total. The van der Waals surface area contributed by atoms with Gasteiger partial charge < -0.3 is 5.32 Å². The van der Waals surface area contributed by atoms with Crippen LogP contribution in [0.5, 0.6) is 0 Å². The van der Waals surface area contributed by atoms with Crippen molar-refractivity contribution in [2.45, 2.75) is 6.92 Å². The second-order valence-corrected chi connectivity index (χ2v) is 6.23. The molecule has 0 unspecified atom stereocenters. The van der Waals surface area contributed by atoms with Crippen molar-refractivity contribution < 1.29 is 0 Å². The fraction of sp³-hybridized carbons (Fsp3) is 0.0625. The molecular weight excluding hydrogens is 312 g/mol. The number of rotatable bonds is 4. The predicted molar refractivity (Wildman–Crippen MR) is 91.6 cm³/mol. The van der Waals surface area contributed by atoms with E-state index >= 15 is 0 Å². The second kappa shape index (κ2) is 6.52. The molecule has 108 valence electrons. The highest BCUT2D eigenvalue weighted by atomic mass is 32.1. The minimum Gasteiger partial charge on any atom is -0.337 e. The molecule has 0 spiro atoms. The first-order chi connectivity index (χ1) is 10.8. The highest BCUT2D eigenvalue weighted by molar-refractivity contribution is 7.14. The largest absolute Gasteiger partial charge is 0.337 e. The van der Waals surface area contributed by atoms with Crippen molar-refractivity contribution in [2.24, 2.45) is 0 Å². The van der Waals surface area contributed by atoms with Crippen LogP contribution >= 0.6 is 22.7 Å². The molecule has 0 saturated heterocycles. The monoisotopic (exact) mass is 324 g/mol. The van der Waals surface area contributed by atoms with E-state index in [4.69, 9.17) is 0 Å². The lowest BCUT2D eigenvalue weighted by atomic mass is 10.2. The van der Waals surface area contributed by atoms with Gasteiger partial charge in [0.1, 0.15) is 16.6 Å². The lowest BCUT2D eigenvalue weighted by molar-refractivity contribution is 1.24. The molecule has 1 aromatic carbocycles. The molecule has 0 bridgehead atoms. The summed E-state index contributed by atoms with van der Waals surface area (Å²) in [6.07, 6.45) is 1.66. The Morgan fingerprint density at radius 2 is 2.00 bits per heavy atom. The number of thiazole rings is 2. The van der Waals surface area contributed by atoms with Crippen LogP contribution in [-0.2, 0) is 0 Å². The Bertz CT molecular complexity index is 840. The standard InChI is InChI=1S/C16H12N4S2/c1-11-9-21-15(19-11)13(7-17)8-18-16-20-14(10-22-16)12-5-3-2-4-6-12/h2-6,8-10H,1H3,(H,18,20)/b13-8+. The molecule has 2 heterocycles. The van der Waals surface area contributed by atoms with Crippen LogP contribution in [-0.4, -0.2) is 9.97 Å². The molecule has 0 aliphatic heterocycles. The highest BCUT2D eigenvalue weighted by Crippen LogP contribution is 2.25. The number of aryl methyl sites for hydroxylation is 1. The van der Waals surface area contributed by atoms with Crippen LogP contribution in [0.3, 0.4) is 0 Å². The van der Waals surface area contributed by atoms with Gasteiger partial charge in [-0.25, -0.2) is 9.97 Å². The zero-order chi connectivity index (χ0) is 15.4. The molecule has 0 fully saturated rings. The van der Waals surface area contributed by atoms with Crippen LogP contribution < -0.4 is 5.32 Å². The van der Waals surface area contributed by atoms with E-state index in [1.807, 2.05) is 48.0 Å². The lowest BCUT2D eigenvalue weighted by Crippen LogP contribution is -1.90. The van der Waals surface area contributed by atoms with Gasteiger partial charge in [0.2, 0.25) is 0 Å². The van der Waals surface area contributed by atoms with E-state index in [1.165, 1.54) is 22.7 Å². The third-order valence-corrected chi connectivity index (χ3v) is 4.65. The van der Waals surface area contributed by atoms with Gasteiger partial charge in [-0.05, 0) is 6.92 Å². The van der Waals surface area contributed by atoms with Crippen molar-refractivity contribution in [1.82, 2.24) is 9.97 Å². The molecular formula is C16H12N4S2. The Balaban J connectivity index is 1.78. The number of hydrogen-bond donors (Lipinski definition) is 1. The summed E-state index contributed by atoms with van der Waals surface area (Å²) >= 11 is 2.96. The minimum absolute atomic E-state index is 0.509.